The zero-order valence-electron chi connectivity index (χ0n) is 18.7. The lowest BCUT2D eigenvalue weighted by Gasteiger charge is -2.36. The maximum absolute atomic E-state index is 12.8. The number of aromatic nitrogens is 1. The lowest BCUT2D eigenvalue weighted by Crippen LogP contribution is -2.40. The molecule has 1 aromatic carbocycles. The van der Waals surface area contributed by atoms with Crippen LogP contribution < -0.4 is 10.2 Å². The molecule has 2 aliphatic heterocycles. The molecule has 1 amide bonds. The number of piperidine rings is 1. The van der Waals surface area contributed by atoms with Gasteiger partial charge in [-0.2, -0.15) is 0 Å². The molecule has 2 aliphatic rings. The molecule has 5 nitrogen and oxygen atoms in total. The molecule has 0 spiro atoms. The Hall–Kier alpha value is -2.84. The van der Waals surface area contributed by atoms with Crippen molar-refractivity contribution in [3.05, 3.63) is 48.2 Å². The van der Waals surface area contributed by atoms with Gasteiger partial charge in [-0.05, 0) is 83.4 Å². The molecule has 3 heterocycles. The fourth-order valence-corrected chi connectivity index (χ4v) is 4.47. The van der Waals surface area contributed by atoms with Crippen LogP contribution in [0.2, 0.25) is 0 Å². The number of unbranched alkanes of at least 4 members (excludes halogenated alkanes) is 2. The van der Waals surface area contributed by atoms with Crippen molar-refractivity contribution in [2.24, 2.45) is 0 Å². The van der Waals surface area contributed by atoms with Crippen LogP contribution >= 0.6 is 0 Å². The SMILES string of the molecule is CC(C)(C#CCCCCN1CCCCC1)N1c2ccccc2C(=O)Nc2cccnc21. The number of amides is 1. The van der Waals surface area contributed by atoms with E-state index in [4.69, 9.17) is 0 Å². The van der Waals surface area contributed by atoms with Crippen LogP contribution in [0.15, 0.2) is 42.6 Å². The summed E-state index contributed by atoms with van der Waals surface area (Å²) in [5, 5.41) is 3.00. The smallest absolute Gasteiger partial charge is 0.257 e. The van der Waals surface area contributed by atoms with Crippen molar-refractivity contribution in [1.29, 1.82) is 0 Å². The number of anilines is 3. The summed E-state index contributed by atoms with van der Waals surface area (Å²) in [4.78, 5) is 22.1. The van der Waals surface area contributed by atoms with E-state index in [1.54, 1.807) is 6.20 Å². The second-order valence-electron chi connectivity index (χ2n) is 8.90. The fraction of sp³-hybridized carbons (Fsp3) is 0.462. The predicted octanol–water partition coefficient (Wildman–Crippen LogP) is 5.22. The summed E-state index contributed by atoms with van der Waals surface area (Å²) in [5.41, 5.74) is 1.66. The number of hydrogen-bond donors (Lipinski definition) is 1. The lowest BCUT2D eigenvalue weighted by atomic mass is 10.00. The number of hydrogen-bond acceptors (Lipinski definition) is 4. The van der Waals surface area contributed by atoms with Crippen LogP contribution in [-0.4, -0.2) is 41.0 Å². The van der Waals surface area contributed by atoms with Crippen LogP contribution in [0, 0.1) is 11.8 Å². The van der Waals surface area contributed by atoms with E-state index in [0.717, 1.165) is 24.3 Å². The number of para-hydroxylation sites is 1. The van der Waals surface area contributed by atoms with Crippen molar-refractivity contribution in [2.45, 2.75) is 57.9 Å². The molecule has 0 radical (unpaired) electrons. The Labute approximate surface area is 185 Å². The molecule has 162 valence electrons. The minimum Gasteiger partial charge on any atom is -0.319 e. The molecule has 5 heteroatoms. The highest BCUT2D eigenvalue weighted by atomic mass is 16.1. The van der Waals surface area contributed by atoms with Gasteiger partial charge in [0, 0.05) is 12.6 Å². The first kappa shape index (κ1) is 21.4. The van der Waals surface area contributed by atoms with Gasteiger partial charge in [0.05, 0.1) is 16.9 Å². The average Bonchev–Trinajstić information content (AvgIpc) is 2.91. The van der Waals surface area contributed by atoms with Gasteiger partial charge in [0.25, 0.3) is 5.91 Å². The lowest BCUT2D eigenvalue weighted by molar-refractivity contribution is 0.102. The molecule has 1 saturated heterocycles. The summed E-state index contributed by atoms with van der Waals surface area (Å²) >= 11 is 0. The number of nitrogens with one attached hydrogen (secondary N) is 1. The number of pyridine rings is 1. The van der Waals surface area contributed by atoms with Gasteiger partial charge in [0.2, 0.25) is 0 Å². The van der Waals surface area contributed by atoms with Gasteiger partial charge in [-0.15, -0.1) is 5.92 Å². The van der Waals surface area contributed by atoms with Crippen molar-refractivity contribution < 1.29 is 4.79 Å². The molecule has 1 fully saturated rings. The standard InChI is InChI=1S/C26H32N4O/c1-26(2,16-8-3-4-9-18-29-19-10-5-11-20-29)30-23-15-7-6-13-21(23)25(31)28-22-14-12-17-27-24(22)30/h6-7,12-15,17H,3-5,9-11,18-20H2,1-2H3,(H,28,31). The highest BCUT2D eigenvalue weighted by molar-refractivity contribution is 6.12. The van der Waals surface area contributed by atoms with Crippen LogP contribution in [0.4, 0.5) is 17.2 Å². The van der Waals surface area contributed by atoms with Crippen LogP contribution in [0.3, 0.4) is 0 Å². The molecule has 1 N–H and O–H groups in total. The second-order valence-corrected chi connectivity index (χ2v) is 8.90. The molecule has 0 aliphatic carbocycles. The number of fused-ring (bicyclic) bond motifs is 2. The molecular formula is C26H32N4O. The van der Waals surface area contributed by atoms with E-state index in [9.17, 15) is 4.79 Å². The highest BCUT2D eigenvalue weighted by Gasteiger charge is 2.34. The van der Waals surface area contributed by atoms with E-state index < -0.39 is 5.54 Å². The number of nitrogens with zero attached hydrogens (tertiary/aromatic N) is 3. The van der Waals surface area contributed by atoms with E-state index in [1.165, 1.54) is 45.3 Å². The molecule has 4 rings (SSSR count). The Morgan fingerprint density at radius 3 is 2.71 bits per heavy atom. The van der Waals surface area contributed by atoms with Crippen molar-refractivity contribution in [3.8, 4) is 11.8 Å². The molecule has 0 atom stereocenters. The number of carbonyl (C=O) groups is 1. The van der Waals surface area contributed by atoms with Gasteiger partial charge < -0.3 is 15.1 Å². The molecule has 0 bridgehead atoms. The van der Waals surface area contributed by atoms with E-state index in [0.29, 0.717) is 11.3 Å². The summed E-state index contributed by atoms with van der Waals surface area (Å²) in [6, 6.07) is 11.4. The third-order valence-electron chi connectivity index (χ3n) is 6.06. The van der Waals surface area contributed by atoms with Crippen molar-refractivity contribution >= 4 is 23.1 Å². The first-order valence-electron chi connectivity index (χ1n) is 11.4. The van der Waals surface area contributed by atoms with Crippen molar-refractivity contribution in [1.82, 2.24) is 9.88 Å². The van der Waals surface area contributed by atoms with Crippen LogP contribution in [-0.2, 0) is 0 Å². The van der Waals surface area contributed by atoms with Crippen molar-refractivity contribution in [3.63, 3.8) is 0 Å². The van der Waals surface area contributed by atoms with Gasteiger partial charge in [-0.3, -0.25) is 4.79 Å². The van der Waals surface area contributed by atoms with Gasteiger partial charge in [0.15, 0.2) is 5.82 Å². The van der Waals surface area contributed by atoms with Gasteiger partial charge in [0.1, 0.15) is 5.54 Å². The summed E-state index contributed by atoms with van der Waals surface area (Å²) < 4.78 is 0. The van der Waals surface area contributed by atoms with Crippen LogP contribution in [0.5, 0.6) is 0 Å². The van der Waals surface area contributed by atoms with Gasteiger partial charge in [-0.25, -0.2) is 4.98 Å². The Balaban J connectivity index is 1.50. The number of benzene rings is 1. The Kier molecular flexibility index (Phi) is 6.58. The molecule has 31 heavy (non-hydrogen) atoms. The summed E-state index contributed by atoms with van der Waals surface area (Å²) in [6.45, 7) is 7.89. The van der Waals surface area contributed by atoms with Crippen LogP contribution in [0.25, 0.3) is 0 Å². The highest BCUT2D eigenvalue weighted by Crippen LogP contribution is 2.40. The topological polar surface area (TPSA) is 48.5 Å². The van der Waals surface area contributed by atoms with Crippen LogP contribution in [0.1, 0.15) is 62.7 Å². The Bertz CT molecular complexity index is 982. The molecular weight excluding hydrogens is 384 g/mol. The minimum absolute atomic E-state index is 0.117. The summed E-state index contributed by atoms with van der Waals surface area (Å²) in [7, 11) is 0. The maximum Gasteiger partial charge on any atom is 0.257 e. The number of likely N-dealkylation sites (tertiary alicyclic amines) is 1. The Morgan fingerprint density at radius 1 is 1.06 bits per heavy atom. The normalized spacial score (nSPS) is 16.5. The minimum atomic E-state index is -0.515. The molecule has 0 unspecified atom stereocenters. The van der Waals surface area contributed by atoms with E-state index >= 15 is 0 Å². The molecule has 0 saturated carbocycles. The fourth-order valence-electron chi connectivity index (χ4n) is 4.47. The quantitative estimate of drug-likeness (QED) is 0.536. The Morgan fingerprint density at radius 2 is 1.87 bits per heavy atom. The predicted molar refractivity (Wildman–Crippen MR) is 127 cm³/mol. The zero-order chi connectivity index (χ0) is 21.7. The zero-order valence-corrected chi connectivity index (χ0v) is 18.7. The third kappa shape index (κ3) is 4.91. The first-order valence-corrected chi connectivity index (χ1v) is 11.4. The van der Waals surface area contributed by atoms with Gasteiger partial charge >= 0.3 is 0 Å². The first-order chi connectivity index (χ1) is 15.1. The monoisotopic (exact) mass is 416 g/mol. The van der Waals surface area contributed by atoms with Gasteiger partial charge in [-0.1, -0.05) is 24.5 Å². The number of carbonyl (C=O) groups excluding carboxylic acids is 1. The summed E-state index contributed by atoms with van der Waals surface area (Å²) in [6.07, 6.45) is 9.04. The largest absolute Gasteiger partial charge is 0.319 e. The molecule has 2 aromatic rings. The van der Waals surface area contributed by atoms with E-state index in [-0.39, 0.29) is 5.91 Å². The van der Waals surface area contributed by atoms with Crippen molar-refractivity contribution in [2.75, 3.05) is 29.9 Å². The van der Waals surface area contributed by atoms with E-state index in [1.807, 2.05) is 36.4 Å². The summed E-state index contributed by atoms with van der Waals surface area (Å²) in [5.74, 6) is 7.50. The third-order valence-corrected chi connectivity index (χ3v) is 6.06. The number of rotatable bonds is 5. The maximum atomic E-state index is 12.8. The second kappa shape index (κ2) is 9.53. The molecule has 1 aromatic heterocycles. The van der Waals surface area contributed by atoms with E-state index in [2.05, 4.69) is 45.8 Å². The average molecular weight is 417 g/mol.